The lowest BCUT2D eigenvalue weighted by Gasteiger charge is -2.16. The second kappa shape index (κ2) is 7.21. The van der Waals surface area contributed by atoms with E-state index in [0.29, 0.717) is 0 Å². The lowest BCUT2D eigenvalue weighted by atomic mass is 10.1. The van der Waals surface area contributed by atoms with Crippen LogP contribution in [0.1, 0.15) is 31.9 Å². The van der Waals surface area contributed by atoms with Gasteiger partial charge < -0.3 is 5.32 Å². The number of aromatic nitrogens is 3. The van der Waals surface area contributed by atoms with Crippen LogP contribution in [0.2, 0.25) is 0 Å². The Bertz CT molecular complexity index is 504. The lowest BCUT2D eigenvalue weighted by molar-refractivity contribution is 0.560. The van der Waals surface area contributed by atoms with Crippen molar-refractivity contribution >= 4 is 11.8 Å². The molecule has 0 aliphatic heterocycles. The van der Waals surface area contributed by atoms with E-state index in [1.54, 1.807) is 18.6 Å². The first-order chi connectivity index (χ1) is 9.31. The van der Waals surface area contributed by atoms with Gasteiger partial charge in [-0.05, 0) is 43.8 Å². The maximum absolute atomic E-state index is 4.45. The number of rotatable bonds is 6. The van der Waals surface area contributed by atoms with E-state index in [1.807, 2.05) is 12.1 Å². The molecule has 0 aliphatic carbocycles. The Balaban J connectivity index is 2.16. The molecule has 4 nitrogen and oxygen atoms in total. The zero-order valence-corrected chi connectivity index (χ0v) is 12.0. The maximum atomic E-state index is 4.45. The molecular formula is C14H18N4S. The highest BCUT2D eigenvalue weighted by Crippen LogP contribution is 2.28. The van der Waals surface area contributed by atoms with Crippen LogP contribution in [0.3, 0.4) is 0 Å². The van der Waals surface area contributed by atoms with Gasteiger partial charge in [-0.3, -0.25) is 0 Å². The molecule has 0 amide bonds. The van der Waals surface area contributed by atoms with Gasteiger partial charge in [-0.25, -0.2) is 15.0 Å². The summed E-state index contributed by atoms with van der Waals surface area (Å²) in [5, 5.41) is 5.17. The quantitative estimate of drug-likeness (QED) is 0.820. The Labute approximate surface area is 118 Å². The molecule has 2 heterocycles. The number of nitrogens with zero attached hydrogens (tertiary/aromatic N) is 3. The SMILES string of the molecule is CCCNC(C)c1cccnc1Sc1ncccn1. The van der Waals surface area contributed by atoms with Crippen molar-refractivity contribution in [1.82, 2.24) is 20.3 Å². The van der Waals surface area contributed by atoms with Crippen LogP contribution in [-0.4, -0.2) is 21.5 Å². The second-order valence-electron chi connectivity index (χ2n) is 4.21. The van der Waals surface area contributed by atoms with Gasteiger partial charge >= 0.3 is 0 Å². The van der Waals surface area contributed by atoms with Crippen LogP contribution in [0.15, 0.2) is 47.0 Å². The molecule has 5 heteroatoms. The molecule has 2 aromatic rings. The first kappa shape index (κ1) is 14.0. The molecule has 0 aromatic carbocycles. The Kier molecular flexibility index (Phi) is 5.30. The van der Waals surface area contributed by atoms with Crippen LogP contribution in [0, 0.1) is 0 Å². The summed E-state index contributed by atoms with van der Waals surface area (Å²) in [6.45, 7) is 5.32. The third-order valence-electron chi connectivity index (χ3n) is 2.70. The summed E-state index contributed by atoms with van der Waals surface area (Å²) in [6, 6.07) is 6.16. The summed E-state index contributed by atoms with van der Waals surface area (Å²) in [5.74, 6) is 0. The van der Waals surface area contributed by atoms with Crippen molar-refractivity contribution in [2.45, 2.75) is 36.5 Å². The van der Waals surface area contributed by atoms with Crippen molar-refractivity contribution in [1.29, 1.82) is 0 Å². The molecule has 0 saturated carbocycles. The van der Waals surface area contributed by atoms with E-state index in [2.05, 4.69) is 40.2 Å². The van der Waals surface area contributed by atoms with Crippen molar-refractivity contribution in [2.24, 2.45) is 0 Å². The standard InChI is InChI=1S/C14H18N4S/c1-3-7-15-11(2)12-6-4-8-16-13(12)19-14-17-9-5-10-18-14/h4-6,8-11,15H,3,7H2,1-2H3. The van der Waals surface area contributed by atoms with Gasteiger partial charge in [-0.15, -0.1) is 0 Å². The summed E-state index contributed by atoms with van der Waals surface area (Å²) >= 11 is 1.50. The van der Waals surface area contributed by atoms with Crippen LogP contribution >= 0.6 is 11.8 Å². The fourth-order valence-corrected chi connectivity index (χ4v) is 2.59. The van der Waals surface area contributed by atoms with Crippen molar-refractivity contribution in [3.8, 4) is 0 Å². The van der Waals surface area contributed by atoms with Gasteiger partial charge in [0.2, 0.25) is 0 Å². The Hall–Kier alpha value is -1.46. The highest BCUT2D eigenvalue weighted by atomic mass is 32.2. The van der Waals surface area contributed by atoms with Crippen molar-refractivity contribution in [3.63, 3.8) is 0 Å². The minimum atomic E-state index is 0.278. The number of hydrogen-bond acceptors (Lipinski definition) is 5. The molecule has 1 unspecified atom stereocenters. The van der Waals surface area contributed by atoms with Gasteiger partial charge in [0.15, 0.2) is 5.16 Å². The molecule has 1 N–H and O–H groups in total. The Morgan fingerprint density at radius 3 is 2.63 bits per heavy atom. The zero-order chi connectivity index (χ0) is 13.5. The molecule has 2 rings (SSSR count). The highest BCUT2D eigenvalue weighted by Gasteiger charge is 2.12. The molecule has 0 aliphatic rings. The first-order valence-corrected chi connectivity index (χ1v) is 7.26. The van der Waals surface area contributed by atoms with Gasteiger partial charge in [0, 0.05) is 30.2 Å². The van der Waals surface area contributed by atoms with Crippen LogP contribution in [0.4, 0.5) is 0 Å². The van der Waals surface area contributed by atoms with E-state index in [9.17, 15) is 0 Å². The van der Waals surface area contributed by atoms with Crippen molar-refractivity contribution in [3.05, 3.63) is 42.4 Å². The van der Waals surface area contributed by atoms with Crippen LogP contribution in [0.5, 0.6) is 0 Å². The molecule has 0 bridgehead atoms. The van der Waals surface area contributed by atoms with E-state index in [-0.39, 0.29) is 6.04 Å². The average Bonchev–Trinajstić information content (AvgIpc) is 2.46. The average molecular weight is 274 g/mol. The zero-order valence-electron chi connectivity index (χ0n) is 11.2. The van der Waals surface area contributed by atoms with Gasteiger partial charge in [0.05, 0.1) is 0 Å². The van der Waals surface area contributed by atoms with E-state index in [1.165, 1.54) is 17.3 Å². The summed E-state index contributed by atoms with van der Waals surface area (Å²) < 4.78 is 0. The molecule has 0 saturated heterocycles. The fourth-order valence-electron chi connectivity index (χ4n) is 1.71. The molecule has 2 aromatic heterocycles. The van der Waals surface area contributed by atoms with E-state index >= 15 is 0 Å². The van der Waals surface area contributed by atoms with E-state index < -0.39 is 0 Å². The van der Waals surface area contributed by atoms with Crippen molar-refractivity contribution in [2.75, 3.05) is 6.54 Å². The topological polar surface area (TPSA) is 50.7 Å². The van der Waals surface area contributed by atoms with Gasteiger partial charge in [-0.1, -0.05) is 13.0 Å². The molecule has 0 radical (unpaired) electrons. The molecular weight excluding hydrogens is 256 g/mol. The highest BCUT2D eigenvalue weighted by molar-refractivity contribution is 7.99. The largest absolute Gasteiger partial charge is 0.310 e. The van der Waals surface area contributed by atoms with Crippen LogP contribution in [0.25, 0.3) is 0 Å². The second-order valence-corrected chi connectivity index (χ2v) is 5.16. The predicted octanol–water partition coefficient (Wildman–Crippen LogP) is 3.08. The summed E-state index contributed by atoms with van der Waals surface area (Å²) in [6.07, 6.45) is 6.42. The molecule has 100 valence electrons. The molecule has 1 atom stereocenters. The monoisotopic (exact) mass is 274 g/mol. The summed E-state index contributed by atoms with van der Waals surface area (Å²) in [7, 11) is 0. The van der Waals surface area contributed by atoms with Gasteiger partial charge in [0.1, 0.15) is 5.03 Å². The van der Waals surface area contributed by atoms with Gasteiger partial charge in [-0.2, -0.15) is 0 Å². The molecule has 0 spiro atoms. The third-order valence-corrected chi connectivity index (χ3v) is 3.63. The normalized spacial score (nSPS) is 12.3. The summed E-state index contributed by atoms with van der Waals surface area (Å²) in [4.78, 5) is 12.9. The van der Waals surface area contributed by atoms with Crippen LogP contribution < -0.4 is 5.32 Å². The van der Waals surface area contributed by atoms with Crippen molar-refractivity contribution < 1.29 is 0 Å². The smallest absolute Gasteiger partial charge is 0.193 e. The minimum absolute atomic E-state index is 0.278. The maximum Gasteiger partial charge on any atom is 0.193 e. The third kappa shape index (κ3) is 4.01. The number of hydrogen-bond donors (Lipinski definition) is 1. The van der Waals surface area contributed by atoms with Gasteiger partial charge in [0.25, 0.3) is 0 Å². The first-order valence-electron chi connectivity index (χ1n) is 6.44. The van der Waals surface area contributed by atoms with E-state index in [0.717, 1.165) is 23.1 Å². The van der Waals surface area contributed by atoms with E-state index in [4.69, 9.17) is 0 Å². The minimum Gasteiger partial charge on any atom is -0.310 e. The summed E-state index contributed by atoms with van der Waals surface area (Å²) in [5.41, 5.74) is 1.19. The number of nitrogens with one attached hydrogen (secondary N) is 1. The lowest BCUT2D eigenvalue weighted by Crippen LogP contribution is -2.20. The molecule has 0 fully saturated rings. The Morgan fingerprint density at radius 1 is 1.16 bits per heavy atom. The van der Waals surface area contributed by atoms with Crippen LogP contribution in [-0.2, 0) is 0 Å². The molecule has 19 heavy (non-hydrogen) atoms. The Morgan fingerprint density at radius 2 is 1.89 bits per heavy atom. The predicted molar refractivity (Wildman–Crippen MR) is 77.1 cm³/mol. The number of pyridine rings is 1. The fraction of sp³-hybridized carbons (Fsp3) is 0.357.